The van der Waals surface area contributed by atoms with E-state index in [1.165, 1.54) is 0 Å². The number of amides is 2. The minimum atomic E-state index is -0.0894. The van der Waals surface area contributed by atoms with Crippen molar-refractivity contribution in [2.24, 2.45) is 0 Å². The van der Waals surface area contributed by atoms with Gasteiger partial charge in [0.25, 0.3) is 0 Å². The molecule has 0 aliphatic carbocycles. The van der Waals surface area contributed by atoms with Crippen LogP contribution in [0.1, 0.15) is 35.6 Å². The van der Waals surface area contributed by atoms with E-state index in [2.05, 4.69) is 23.2 Å². The molecule has 1 saturated heterocycles. The smallest absolute Gasteiger partial charge is 0.322 e. The SMILES string of the molecule is COc1cccc(C2CCCN2C(=O)Nc2cccc(C#Cc3ccccc3)c2)c1. The van der Waals surface area contributed by atoms with E-state index in [4.69, 9.17) is 4.74 Å². The van der Waals surface area contributed by atoms with Gasteiger partial charge in [-0.15, -0.1) is 0 Å². The lowest BCUT2D eigenvalue weighted by molar-refractivity contribution is 0.207. The summed E-state index contributed by atoms with van der Waals surface area (Å²) >= 11 is 0. The molecular weight excluding hydrogens is 372 g/mol. The van der Waals surface area contributed by atoms with E-state index in [0.717, 1.165) is 47.5 Å². The molecule has 1 N–H and O–H groups in total. The van der Waals surface area contributed by atoms with E-state index < -0.39 is 0 Å². The Labute approximate surface area is 177 Å². The number of rotatable bonds is 3. The zero-order chi connectivity index (χ0) is 20.8. The van der Waals surface area contributed by atoms with Crippen molar-refractivity contribution >= 4 is 11.7 Å². The van der Waals surface area contributed by atoms with Crippen molar-refractivity contribution in [2.45, 2.75) is 18.9 Å². The number of methoxy groups -OCH3 is 1. The van der Waals surface area contributed by atoms with Gasteiger partial charge < -0.3 is 15.0 Å². The first-order chi connectivity index (χ1) is 14.7. The van der Waals surface area contributed by atoms with Gasteiger partial charge in [0.2, 0.25) is 0 Å². The Morgan fingerprint density at radius 3 is 2.57 bits per heavy atom. The Balaban J connectivity index is 1.47. The summed E-state index contributed by atoms with van der Waals surface area (Å²) in [6.45, 7) is 0.737. The molecular formula is C26H24N2O2. The summed E-state index contributed by atoms with van der Waals surface area (Å²) < 4.78 is 5.34. The fraction of sp³-hybridized carbons (Fsp3) is 0.192. The summed E-state index contributed by atoms with van der Waals surface area (Å²) in [5, 5.41) is 3.04. The molecule has 4 nitrogen and oxygen atoms in total. The summed E-state index contributed by atoms with van der Waals surface area (Å²) in [5.41, 5.74) is 3.67. The summed E-state index contributed by atoms with van der Waals surface area (Å²) in [6.07, 6.45) is 1.93. The van der Waals surface area contributed by atoms with Gasteiger partial charge in [0.15, 0.2) is 0 Å². The highest BCUT2D eigenvalue weighted by molar-refractivity contribution is 5.90. The molecule has 1 heterocycles. The first-order valence-corrected chi connectivity index (χ1v) is 10.1. The highest BCUT2D eigenvalue weighted by Crippen LogP contribution is 2.33. The zero-order valence-electron chi connectivity index (χ0n) is 17.0. The molecule has 3 aromatic rings. The maximum atomic E-state index is 13.0. The molecule has 1 unspecified atom stereocenters. The molecule has 0 radical (unpaired) electrons. The molecule has 1 atom stereocenters. The second kappa shape index (κ2) is 9.19. The molecule has 0 saturated carbocycles. The van der Waals surface area contributed by atoms with Gasteiger partial charge in [-0.1, -0.05) is 48.2 Å². The van der Waals surface area contributed by atoms with Crippen LogP contribution in [0.15, 0.2) is 78.9 Å². The third-order valence-corrected chi connectivity index (χ3v) is 5.23. The van der Waals surface area contributed by atoms with Crippen molar-refractivity contribution in [1.29, 1.82) is 0 Å². The van der Waals surface area contributed by atoms with Gasteiger partial charge in [-0.25, -0.2) is 4.79 Å². The van der Waals surface area contributed by atoms with Crippen LogP contribution in [-0.2, 0) is 0 Å². The lowest BCUT2D eigenvalue weighted by Crippen LogP contribution is -2.34. The number of benzene rings is 3. The van der Waals surface area contributed by atoms with Crippen molar-refractivity contribution in [3.8, 4) is 17.6 Å². The van der Waals surface area contributed by atoms with Gasteiger partial charge in [0.1, 0.15) is 5.75 Å². The third kappa shape index (κ3) is 4.64. The van der Waals surface area contributed by atoms with Crippen molar-refractivity contribution in [3.05, 3.63) is 95.6 Å². The third-order valence-electron chi connectivity index (χ3n) is 5.23. The molecule has 30 heavy (non-hydrogen) atoms. The molecule has 1 aliphatic heterocycles. The summed E-state index contributed by atoms with van der Waals surface area (Å²) in [7, 11) is 1.66. The average Bonchev–Trinajstić information content (AvgIpc) is 3.29. The maximum absolute atomic E-state index is 13.0. The minimum absolute atomic E-state index is 0.0566. The lowest BCUT2D eigenvalue weighted by Gasteiger charge is -2.25. The number of anilines is 1. The van der Waals surface area contributed by atoms with Gasteiger partial charge >= 0.3 is 6.03 Å². The molecule has 1 aliphatic rings. The topological polar surface area (TPSA) is 41.6 Å². The van der Waals surface area contributed by atoms with Gasteiger partial charge in [-0.3, -0.25) is 0 Å². The molecule has 150 valence electrons. The van der Waals surface area contributed by atoms with Crippen LogP contribution in [0, 0.1) is 11.8 Å². The molecule has 4 rings (SSSR count). The molecule has 1 fully saturated rings. The number of likely N-dealkylation sites (tertiary alicyclic amines) is 1. The van der Waals surface area contributed by atoms with E-state index in [-0.39, 0.29) is 12.1 Å². The van der Waals surface area contributed by atoms with Crippen LogP contribution in [0.3, 0.4) is 0 Å². The second-order valence-corrected chi connectivity index (χ2v) is 7.26. The number of nitrogens with one attached hydrogen (secondary N) is 1. The first kappa shape index (κ1) is 19.6. The van der Waals surface area contributed by atoms with Crippen molar-refractivity contribution in [1.82, 2.24) is 4.90 Å². The highest BCUT2D eigenvalue weighted by atomic mass is 16.5. The van der Waals surface area contributed by atoms with Crippen LogP contribution in [0.25, 0.3) is 0 Å². The number of ether oxygens (including phenoxy) is 1. The molecule has 4 heteroatoms. The van der Waals surface area contributed by atoms with Crippen LogP contribution in [0.2, 0.25) is 0 Å². The molecule has 0 aromatic heterocycles. The van der Waals surface area contributed by atoms with Gasteiger partial charge in [-0.2, -0.15) is 0 Å². The molecule has 2 amide bonds. The quantitative estimate of drug-likeness (QED) is 0.597. The largest absolute Gasteiger partial charge is 0.497 e. The number of carbonyl (C=O) groups is 1. The summed E-state index contributed by atoms with van der Waals surface area (Å²) in [5.74, 6) is 7.12. The first-order valence-electron chi connectivity index (χ1n) is 10.1. The lowest BCUT2D eigenvalue weighted by atomic mass is 10.0. The Morgan fingerprint density at radius 2 is 1.73 bits per heavy atom. The molecule has 3 aromatic carbocycles. The normalized spacial score (nSPS) is 15.2. The fourth-order valence-corrected chi connectivity index (χ4v) is 3.74. The van der Waals surface area contributed by atoms with Crippen molar-refractivity contribution in [3.63, 3.8) is 0 Å². The van der Waals surface area contributed by atoms with E-state index in [1.54, 1.807) is 7.11 Å². The van der Waals surface area contributed by atoms with Crippen LogP contribution >= 0.6 is 0 Å². The number of nitrogens with zero attached hydrogens (tertiary/aromatic N) is 1. The molecule has 0 spiro atoms. The highest BCUT2D eigenvalue weighted by Gasteiger charge is 2.30. The van der Waals surface area contributed by atoms with E-state index in [0.29, 0.717) is 0 Å². The van der Waals surface area contributed by atoms with E-state index in [9.17, 15) is 4.79 Å². The Bertz CT molecular complexity index is 1080. The van der Waals surface area contributed by atoms with Crippen molar-refractivity contribution < 1.29 is 9.53 Å². The Hall–Kier alpha value is -3.71. The monoisotopic (exact) mass is 396 g/mol. The number of carbonyl (C=O) groups excluding carboxylic acids is 1. The summed E-state index contributed by atoms with van der Waals surface area (Å²) in [6, 6.07) is 25.4. The summed E-state index contributed by atoms with van der Waals surface area (Å²) in [4.78, 5) is 14.9. The fourth-order valence-electron chi connectivity index (χ4n) is 3.74. The average molecular weight is 396 g/mol. The van der Waals surface area contributed by atoms with Gasteiger partial charge in [0, 0.05) is 23.4 Å². The minimum Gasteiger partial charge on any atom is -0.497 e. The Kier molecular flexibility index (Phi) is 6.01. The predicted molar refractivity (Wildman–Crippen MR) is 120 cm³/mol. The van der Waals surface area contributed by atoms with Crippen LogP contribution in [0.4, 0.5) is 10.5 Å². The predicted octanol–water partition coefficient (Wildman–Crippen LogP) is 5.46. The van der Waals surface area contributed by atoms with Gasteiger partial charge in [0.05, 0.1) is 13.2 Å². The van der Waals surface area contributed by atoms with Gasteiger partial charge in [-0.05, 0) is 60.9 Å². The number of hydrogen-bond acceptors (Lipinski definition) is 2. The second-order valence-electron chi connectivity index (χ2n) is 7.26. The van der Waals surface area contributed by atoms with Crippen LogP contribution in [0.5, 0.6) is 5.75 Å². The van der Waals surface area contributed by atoms with E-state index in [1.807, 2.05) is 77.7 Å². The standard InChI is InChI=1S/C26H24N2O2/c1-30-24-13-6-11-22(19-24)25-14-7-17-28(25)26(29)27-23-12-5-10-21(18-23)16-15-20-8-3-2-4-9-20/h2-6,8-13,18-19,25H,7,14,17H2,1H3,(H,27,29). The van der Waals surface area contributed by atoms with Crippen LogP contribution in [-0.4, -0.2) is 24.6 Å². The zero-order valence-corrected chi connectivity index (χ0v) is 17.0. The molecule has 0 bridgehead atoms. The van der Waals surface area contributed by atoms with Crippen molar-refractivity contribution in [2.75, 3.05) is 19.0 Å². The Morgan fingerprint density at radius 1 is 0.967 bits per heavy atom. The number of hydrogen-bond donors (Lipinski definition) is 1. The maximum Gasteiger partial charge on any atom is 0.322 e. The van der Waals surface area contributed by atoms with Crippen LogP contribution < -0.4 is 10.1 Å². The number of urea groups is 1. The van der Waals surface area contributed by atoms with E-state index >= 15 is 0 Å².